The highest BCUT2D eigenvalue weighted by molar-refractivity contribution is 6.39. The first-order chi connectivity index (χ1) is 10.4. The number of hydrogen-bond acceptors (Lipinski definition) is 3. The molecule has 120 valence electrons. The van der Waals surface area contributed by atoms with Gasteiger partial charge in [0.25, 0.3) is 0 Å². The van der Waals surface area contributed by atoms with Gasteiger partial charge in [-0.2, -0.15) is 0 Å². The smallest absolute Gasteiger partial charge is 0.244 e. The minimum absolute atomic E-state index is 0.0353. The van der Waals surface area contributed by atoms with Crippen LogP contribution in [0.5, 0.6) is 0 Å². The molecular weight excluding hydrogens is 325 g/mol. The lowest BCUT2D eigenvalue weighted by atomic mass is 9.88. The van der Waals surface area contributed by atoms with Crippen molar-refractivity contribution in [2.45, 2.75) is 6.92 Å². The van der Waals surface area contributed by atoms with Crippen LogP contribution in [0.15, 0.2) is 18.2 Å². The Balaban J connectivity index is 1.92. The number of halogens is 2. The van der Waals surface area contributed by atoms with Crippen molar-refractivity contribution in [2.24, 2.45) is 11.8 Å². The molecule has 7 heteroatoms. The van der Waals surface area contributed by atoms with Crippen molar-refractivity contribution in [3.05, 3.63) is 28.2 Å². The largest absolute Gasteiger partial charge is 0.336 e. The Kier molecular flexibility index (Phi) is 5.67. The van der Waals surface area contributed by atoms with Crippen LogP contribution >= 0.6 is 23.2 Å². The summed E-state index contributed by atoms with van der Waals surface area (Å²) in [5.74, 6) is -0.115. The number of nitrogens with zero attached hydrogens (tertiary/aromatic N) is 1. The van der Waals surface area contributed by atoms with Crippen LogP contribution in [0.2, 0.25) is 10.0 Å². The number of benzene rings is 1. The monoisotopic (exact) mass is 343 g/mol. The second-order valence-corrected chi connectivity index (χ2v) is 6.36. The van der Waals surface area contributed by atoms with Crippen LogP contribution in [-0.2, 0) is 9.59 Å². The molecule has 0 aromatic heterocycles. The zero-order chi connectivity index (χ0) is 16.3. The van der Waals surface area contributed by atoms with E-state index in [-0.39, 0.29) is 24.3 Å². The first-order valence-electron chi connectivity index (χ1n) is 7.09. The molecule has 2 amide bonds. The highest BCUT2D eigenvalue weighted by Gasteiger charge is 2.31. The van der Waals surface area contributed by atoms with E-state index in [1.807, 2.05) is 6.92 Å². The number of nitrogens with one attached hydrogen (secondary N) is 2. The maximum Gasteiger partial charge on any atom is 0.244 e. The zero-order valence-corrected chi connectivity index (χ0v) is 14.0. The van der Waals surface area contributed by atoms with Gasteiger partial charge in [-0.05, 0) is 31.1 Å². The predicted molar refractivity (Wildman–Crippen MR) is 88.3 cm³/mol. The lowest BCUT2D eigenvalue weighted by Crippen LogP contribution is -2.50. The number of amides is 2. The summed E-state index contributed by atoms with van der Waals surface area (Å²) in [6, 6.07) is 4.98. The molecule has 0 saturated carbocycles. The molecule has 1 aromatic carbocycles. The Morgan fingerprint density at radius 3 is 2.45 bits per heavy atom. The standard InChI is InChI=1S/C15H19Cl2N3O2/c1-9(10-6-18-7-10)15(22)20(2)8-13(21)19-14-11(16)4-3-5-12(14)17/h3-5,9-10,18H,6-8H2,1-2H3,(H,19,21). The Hall–Kier alpha value is -1.30. The lowest BCUT2D eigenvalue weighted by Gasteiger charge is -2.33. The summed E-state index contributed by atoms with van der Waals surface area (Å²) < 4.78 is 0. The third-order valence-corrected chi connectivity index (χ3v) is 4.52. The minimum atomic E-state index is -0.329. The fourth-order valence-electron chi connectivity index (χ4n) is 2.30. The molecule has 5 nitrogen and oxygen atoms in total. The molecule has 1 fully saturated rings. The fraction of sp³-hybridized carbons (Fsp3) is 0.467. The topological polar surface area (TPSA) is 61.4 Å². The van der Waals surface area contributed by atoms with Crippen molar-refractivity contribution < 1.29 is 9.59 Å². The Bertz CT molecular complexity index is 556. The van der Waals surface area contributed by atoms with E-state index in [1.54, 1.807) is 25.2 Å². The van der Waals surface area contributed by atoms with Gasteiger partial charge in [0.1, 0.15) is 0 Å². The van der Waals surface area contributed by atoms with Crippen LogP contribution in [0.3, 0.4) is 0 Å². The van der Waals surface area contributed by atoms with Crippen molar-refractivity contribution in [2.75, 3.05) is 32.0 Å². The summed E-state index contributed by atoms with van der Waals surface area (Å²) in [6.07, 6.45) is 0. The quantitative estimate of drug-likeness (QED) is 0.861. The van der Waals surface area contributed by atoms with Crippen molar-refractivity contribution in [1.82, 2.24) is 10.2 Å². The fourth-order valence-corrected chi connectivity index (χ4v) is 2.80. The van der Waals surface area contributed by atoms with E-state index in [0.717, 1.165) is 13.1 Å². The summed E-state index contributed by atoms with van der Waals surface area (Å²) in [4.78, 5) is 25.8. The summed E-state index contributed by atoms with van der Waals surface area (Å²) >= 11 is 12.0. The van der Waals surface area contributed by atoms with E-state index in [2.05, 4.69) is 10.6 Å². The molecule has 1 atom stereocenters. The third-order valence-electron chi connectivity index (χ3n) is 3.89. The number of carbonyl (C=O) groups excluding carboxylic acids is 2. The predicted octanol–water partition coefficient (Wildman–Crippen LogP) is 2.25. The van der Waals surface area contributed by atoms with Gasteiger partial charge in [0.2, 0.25) is 11.8 Å². The van der Waals surface area contributed by atoms with Crippen LogP contribution in [0.25, 0.3) is 0 Å². The number of hydrogen-bond donors (Lipinski definition) is 2. The highest BCUT2D eigenvalue weighted by Crippen LogP contribution is 2.29. The van der Waals surface area contributed by atoms with Gasteiger partial charge in [-0.3, -0.25) is 9.59 Å². The van der Waals surface area contributed by atoms with E-state index >= 15 is 0 Å². The molecule has 1 aromatic rings. The zero-order valence-electron chi connectivity index (χ0n) is 12.5. The Labute approximate surface area is 139 Å². The van der Waals surface area contributed by atoms with Crippen LogP contribution < -0.4 is 10.6 Å². The second kappa shape index (κ2) is 7.31. The molecule has 0 aliphatic carbocycles. The van der Waals surface area contributed by atoms with Crippen LogP contribution in [0.1, 0.15) is 6.92 Å². The SMILES string of the molecule is CC(C(=O)N(C)CC(=O)Nc1c(Cl)cccc1Cl)C1CNC1. The van der Waals surface area contributed by atoms with E-state index < -0.39 is 0 Å². The highest BCUT2D eigenvalue weighted by atomic mass is 35.5. The van der Waals surface area contributed by atoms with Gasteiger partial charge in [0.05, 0.1) is 22.3 Å². The summed E-state index contributed by atoms with van der Waals surface area (Å²) in [7, 11) is 1.62. The number of carbonyl (C=O) groups is 2. The van der Waals surface area contributed by atoms with Gasteiger partial charge in [-0.1, -0.05) is 36.2 Å². The molecular formula is C15H19Cl2N3O2. The normalized spacial score (nSPS) is 15.8. The first kappa shape index (κ1) is 17.1. The van der Waals surface area contributed by atoms with E-state index in [4.69, 9.17) is 23.2 Å². The van der Waals surface area contributed by atoms with Gasteiger partial charge in [-0.15, -0.1) is 0 Å². The van der Waals surface area contributed by atoms with Crippen molar-refractivity contribution >= 4 is 40.7 Å². The molecule has 0 spiro atoms. The number of anilines is 1. The average molecular weight is 344 g/mol. The third kappa shape index (κ3) is 3.91. The van der Waals surface area contributed by atoms with E-state index in [9.17, 15) is 9.59 Å². The number of para-hydroxylation sites is 1. The summed E-state index contributed by atoms with van der Waals surface area (Å²) in [5.41, 5.74) is 0.368. The number of rotatable bonds is 5. The molecule has 0 radical (unpaired) electrons. The molecule has 2 N–H and O–H groups in total. The maximum atomic E-state index is 12.3. The number of likely N-dealkylation sites (N-methyl/N-ethyl adjacent to an activating group) is 1. The van der Waals surface area contributed by atoms with Crippen LogP contribution in [0.4, 0.5) is 5.69 Å². The van der Waals surface area contributed by atoms with Gasteiger partial charge < -0.3 is 15.5 Å². The van der Waals surface area contributed by atoms with E-state index in [0.29, 0.717) is 21.7 Å². The van der Waals surface area contributed by atoms with Gasteiger partial charge >= 0.3 is 0 Å². The summed E-state index contributed by atoms with van der Waals surface area (Å²) in [5, 5.41) is 6.52. The minimum Gasteiger partial charge on any atom is -0.336 e. The second-order valence-electron chi connectivity index (χ2n) is 5.55. The first-order valence-corrected chi connectivity index (χ1v) is 7.85. The molecule has 22 heavy (non-hydrogen) atoms. The Morgan fingerprint density at radius 1 is 1.36 bits per heavy atom. The molecule has 1 heterocycles. The molecule has 1 saturated heterocycles. The average Bonchev–Trinajstić information content (AvgIpc) is 2.40. The molecule has 2 rings (SSSR count). The molecule has 0 bridgehead atoms. The van der Waals surface area contributed by atoms with Gasteiger partial charge in [-0.25, -0.2) is 0 Å². The van der Waals surface area contributed by atoms with Gasteiger partial charge in [0, 0.05) is 13.0 Å². The van der Waals surface area contributed by atoms with Crippen molar-refractivity contribution in [3.63, 3.8) is 0 Å². The molecule has 1 aliphatic heterocycles. The Morgan fingerprint density at radius 2 is 1.95 bits per heavy atom. The molecule has 1 aliphatic rings. The van der Waals surface area contributed by atoms with Crippen molar-refractivity contribution in [1.29, 1.82) is 0 Å². The van der Waals surface area contributed by atoms with E-state index in [1.165, 1.54) is 4.90 Å². The summed E-state index contributed by atoms with van der Waals surface area (Å²) in [6.45, 7) is 3.56. The lowest BCUT2D eigenvalue weighted by molar-refractivity contribution is -0.138. The van der Waals surface area contributed by atoms with Crippen molar-refractivity contribution in [3.8, 4) is 0 Å². The van der Waals surface area contributed by atoms with Crippen LogP contribution in [-0.4, -0.2) is 43.4 Å². The molecule has 1 unspecified atom stereocenters. The van der Waals surface area contributed by atoms with Gasteiger partial charge in [0.15, 0.2) is 0 Å². The van der Waals surface area contributed by atoms with Crippen LogP contribution in [0, 0.1) is 11.8 Å². The maximum absolute atomic E-state index is 12.3.